The zero-order chi connectivity index (χ0) is 15.6. The van der Waals surface area contributed by atoms with Crippen molar-refractivity contribution < 1.29 is 9.18 Å². The number of halogens is 2. The number of nitrogens with zero attached hydrogens (tertiary/aromatic N) is 1. The minimum Gasteiger partial charge on any atom is -0.324 e. The van der Waals surface area contributed by atoms with Crippen molar-refractivity contribution in [3.8, 4) is 0 Å². The first-order valence-corrected chi connectivity index (χ1v) is 7.77. The molecule has 1 N–H and O–H groups in total. The molecule has 0 saturated heterocycles. The molecule has 1 atom stereocenters. The predicted octanol–water partition coefficient (Wildman–Crippen LogP) is 3.93. The van der Waals surface area contributed by atoms with Crippen LogP contribution in [-0.4, -0.2) is 29.4 Å². The van der Waals surface area contributed by atoms with Crippen LogP contribution in [0, 0.1) is 11.7 Å². The molecular weight excluding hydrogens is 291 g/mol. The van der Waals surface area contributed by atoms with Gasteiger partial charge in [0.05, 0.1) is 17.3 Å². The third kappa shape index (κ3) is 4.42. The second-order valence-electron chi connectivity index (χ2n) is 6.06. The minimum absolute atomic E-state index is 0.108. The van der Waals surface area contributed by atoms with Crippen LogP contribution in [0.25, 0.3) is 0 Å². The lowest BCUT2D eigenvalue weighted by Crippen LogP contribution is -2.43. The van der Waals surface area contributed by atoms with Gasteiger partial charge >= 0.3 is 0 Å². The zero-order valence-electron chi connectivity index (χ0n) is 12.7. The van der Waals surface area contributed by atoms with Gasteiger partial charge < -0.3 is 5.32 Å². The largest absolute Gasteiger partial charge is 0.324 e. The number of hydrogen-bond donors (Lipinski definition) is 1. The smallest absolute Gasteiger partial charge is 0.238 e. The van der Waals surface area contributed by atoms with E-state index in [1.807, 2.05) is 0 Å². The molecule has 1 aliphatic carbocycles. The van der Waals surface area contributed by atoms with Crippen molar-refractivity contribution in [1.82, 2.24) is 4.90 Å². The van der Waals surface area contributed by atoms with Gasteiger partial charge in [0.1, 0.15) is 5.82 Å². The summed E-state index contributed by atoms with van der Waals surface area (Å²) in [6.45, 7) is 6.82. The van der Waals surface area contributed by atoms with Crippen molar-refractivity contribution in [1.29, 1.82) is 0 Å². The molecule has 0 aromatic heterocycles. The van der Waals surface area contributed by atoms with Gasteiger partial charge in [-0.25, -0.2) is 4.39 Å². The molecule has 1 aromatic rings. The zero-order valence-corrected chi connectivity index (χ0v) is 13.5. The summed E-state index contributed by atoms with van der Waals surface area (Å²) >= 11 is 5.93. The number of carbonyl (C=O) groups excluding carboxylic acids is 1. The van der Waals surface area contributed by atoms with Crippen molar-refractivity contribution in [3.05, 3.63) is 29.0 Å². The fourth-order valence-corrected chi connectivity index (χ4v) is 2.56. The highest BCUT2D eigenvalue weighted by atomic mass is 35.5. The van der Waals surface area contributed by atoms with E-state index < -0.39 is 5.82 Å². The topological polar surface area (TPSA) is 32.3 Å². The van der Waals surface area contributed by atoms with Crippen LogP contribution in [0.5, 0.6) is 0 Å². The van der Waals surface area contributed by atoms with Gasteiger partial charge in [0.15, 0.2) is 0 Å². The van der Waals surface area contributed by atoms with Crippen LogP contribution < -0.4 is 5.32 Å². The Morgan fingerprint density at radius 3 is 2.62 bits per heavy atom. The molecule has 0 bridgehead atoms. The Morgan fingerprint density at radius 2 is 2.10 bits per heavy atom. The van der Waals surface area contributed by atoms with Gasteiger partial charge in [0.2, 0.25) is 5.91 Å². The molecule has 5 heteroatoms. The maximum atomic E-state index is 13.0. The van der Waals surface area contributed by atoms with Crippen molar-refractivity contribution in [2.45, 2.75) is 45.7 Å². The van der Waals surface area contributed by atoms with Crippen LogP contribution in [0.2, 0.25) is 5.02 Å². The average molecular weight is 313 g/mol. The van der Waals surface area contributed by atoms with Gasteiger partial charge in [-0.05, 0) is 43.9 Å². The van der Waals surface area contributed by atoms with E-state index in [0.717, 1.165) is 12.8 Å². The highest BCUT2D eigenvalue weighted by Crippen LogP contribution is 2.30. The molecule has 116 valence electrons. The van der Waals surface area contributed by atoms with Crippen LogP contribution in [0.4, 0.5) is 10.1 Å². The van der Waals surface area contributed by atoms with Crippen LogP contribution in [0.1, 0.15) is 33.6 Å². The molecule has 1 saturated carbocycles. The Bertz CT molecular complexity index is 517. The molecule has 1 aromatic carbocycles. The van der Waals surface area contributed by atoms with Crippen LogP contribution in [0.15, 0.2) is 18.2 Å². The molecule has 3 nitrogen and oxygen atoms in total. The summed E-state index contributed by atoms with van der Waals surface area (Å²) in [5.74, 6) is -0.0262. The first-order chi connectivity index (χ1) is 9.88. The molecule has 1 amide bonds. The molecular formula is C16H22ClFN2O. The van der Waals surface area contributed by atoms with Gasteiger partial charge in [0, 0.05) is 12.1 Å². The molecule has 2 rings (SSSR count). The Morgan fingerprint density at radius 1 is 1.43 bits per heavy atom. The van der Waals surface area contributed by atoms with Gasteiger partial charge in [-0.2, -0.15) is 0 Å². The molecule has 21 heavy (non-hydrogen) atoms. The minimum atomic E-state index is -0.411. The van der Waals surface area contributed by atoms with Crippen molar-refractivity contribution in [3.63, 3.8) is 0 Å². The highest BCUT2D eigenvalue weighted by Gasteiger charge is 2.34. The van der Waals surface area contributed by atoms with Crippen molar-refractivity contribution >= 4 is 23.2 Å². The third-order valence-corrected chi connectivity index (χ3v) is 4.35. The standard InChI is InChI=1S/C16H22ClFN2O/c1-10(2)11(3)20(13-5-6-13)9-16(21)19-15-7-4-12(18)8-14(15)17/h4,7-8,10-11,13H,5-6,9H2,1-3H3,(H,19,21)/t11-/m1/s1. The Balaban J connectivity index is 1.99. The maximum absolute atomic E-state index is 13.0. The van der Waals surface area contributed by atoms with Crippen LogP contribution in [-0.2, 0) is 4.79 Å². The molecule has 0 heterocycles. The maximum Gasteiger partial charge on any atom is 0.238 e. The van der Waals surface area contributed by atoms with Gasteiger partial charge in [-0.15, -0.1) is 0 Å². The summed E-state index contributed by atoms with van der Waals surface area (Å²) < 4.78 is 13.0. The number of benzene rings is 1. The SMILES string of the molecule is CC(C)[C@@H](C)N(CC(=O)Nc1ccc(F)cc1Cl)C1CC1. The number of anilines is 1. The molecule has 1 fully saturated rings. The van der Waals surface area contributed by atoms with Gasteiger partial charge in [-0.1, -0.05) is 25.4 Å². The lowest BCUT2D eigenvalue weighted by molar-refractivity contribution is -0.118. The van der Waals surface area contributed by atoms with E-state index in [1.165, 1.54) is 18.2 Å². The van der Waals surface area contributed by atoms with Crippen molar-refractivity contribution in [2.75, 3.05) is 11.9 Å². The van der Waals surface area contributed by atoms with E-state index in [9.17, 15) is 9.18 Å². The lowest BCUT2D eigenvalue weighted by Gasteiger charge is -2.31. The fraction of sp³-hybridized carbons (Fsp3) is 0.562. The summed E-state index contributed by atoms with van der Waals surface area (Å²) in [4.78, 5) is 14.5. The monoisotopic (exact) mass is 312 g/mol. The summed E-state index contributed by atoms with van der Waals surface area (Å²) in [5, 5.41) is 2.99. The number of rotatable bonds is 6. The quantitative estimate of drug-likeness (QED) is 0.863. The number of hydrogen-bond acceptors (Lipinski definition) is 2. The van der Waals surface area contributed by atoms with E-state index in [4.69, 9.17) is 11.6 Å². The van der Waals surface area contributed by atoms with Gasteiger partial charge in [-0.3, -0.25) is 9.69 Å². The number of nitrogens with one attached hydrogen (secondary N) is 1. The molecule has 0 spiro atoms. The Kier molecular flexibility index (Phi) is 5.22. The van der Waals surface area contributed by atoms with Crippen LogP contribution >= 0.6 is 11.6 Å². The van der Waals surface area contributed by atoms with E-state index >= 15 is 0 Å². The van der Waals surface area contributed by atoms with E-state index in [1.54, 1.807) is 0 Å². The summed E-state index contributed by atoms with van der Waals surface area (Å²) in [6, 6.07) is 4.84. The highest BCUT2D eigenvalue weighted by molar-refractivity contribution is 6.33. The predicted molar refractivity (Wildman–Crippen MR) is 84.1 cm³/mol. The van der Waals surface area contributed by atoms with E-state index in [-0.39, 0.29) is 10.9 Å². The summed E-state index contributed by atoms with van der Waals surface area (Å²) in [6.07, 6.45) is 2.31. The third-order valence-electron chi connectivity index (χ3n) is 4.04. The molecule has 0 aliphatic heterocycles. The first-order valence-electron chi connectivity index (χ1n) is 7.39. The van der Waals surface area contributed by atoms with Crippen LogP contribution in [0.3, 0.4) is 0 Å². The first kappa shape index (κ1) is 16.2. The Hall–Kier alpha value is -1.13. The van der Waals surface area contributed by atoms with E-state index in [0.29, 0.717) is 30.2 Å². The van der Waals surface area contributed by atoms with E-state index in [2.05, 4.69) is 31.0 Å². The fourth-order valence-electron chi connectivity index (χ4n) is 2.34. The molecule has 1 aliphatic rings. The second kappa shape index (κ2) is 6.75. The average Bonchev–Trinajstić information content (AvgIpc) is 3.23. The summed E-state index contributed by atoms with van der Waals surface area (Å²) in [5.41, 5.74) is 0.455. The second-order valence-corrected chi connectivity index (χ2v) is 6.47. The number of amides is 1. The lowest BCUT2D eigenvalue weighted by atomic mass is 10.0. The van der Waals surface area contributed by atoms with Gasteiger partial charge in [0.25, 0.3) is 0 Å². The number of carbonyl (C=O) groups is 1. The molecule has 0 unspecified atom stereocenters. The molecule has 0 radical (unpaired) electrons. The normalized spacial score (nSPS) is 16.3. The summed E-state index contributed by atoms with van der Waals surface area (Å²) in [7, 11) is 0. The Labute approximate surface area is 130 Å². The van der Waals surface area contributed by atoms with Crippen molar-refractivity contribution in [2.24, 2.45) is 5.92 Å².